The molecule has 6 nitrogen and oxygen atoms in total. The molecule has 3 rings (SSSR count). The molecule has 1 aromatic carbocycles. The van der Waals surface area contributed by atoms with Gasteiger partial charge in [0.1, 0.15) is 17.3 Å². The van der Waals surface area contributed by atoms with E-state index in [-0.39, 0.29) is 19.0 Å². The number of piperidine rings is 1. The maximum atomic E-state index is 14.1. The number of rotatable bonds is 7. The van der Waals surface area contributed by atoms with Gasteiger partial charge in [-0.2, -0.15) is 0 Å². The summed E-state index contributed by atoms with van der Waals surface area (Å²) in [6.45, 7) is 1.27. The van der Waals surface area contributed by atoms with Crippen molar-refractivity contribution in [3.63, 3.8) is 0 Å². The normalized spacial score (nSPS) is 20.3. The number of ether oxygens (including phenoxy) is 1. The molecule has 0 saturated carbocycles. The number of likely N-dealkylation sites (N-methyl/N-ethyl adjacent to an activating group) is 1. The van der Waals surface area contributed by atoms with Crippen LogP contribution in [0.3, 0.4) is 0 Å². The average molecular weight is 376 g/mol. The maximum Gasteiger partial charge on any atom is 0.256 e. The van der Waals surface area contributed by atoms with E-state index < -0.39 is 11.4 Å². The van der Waals surface area contributed by atoms with Crippen molar-refractivity contribution in [1.82, 2.24) is 9.80 Å². The smallest absolute Gasteiger partial charge is 0.256 e. The summed E-state index contributed by atoms with van der Waals surface area (Å²) in [5.41, 5.74) is -1.12. The monoisotopic (exact) mass is 376 g/mol. The van der Waals surface area contributed by atoms with Crippen LogP contribution in [0.4, 0.5) is 4.39 Å². The van der Waals surface area contributed by atoms with E-state index in [0.29, 0.717) is 37.2 Å². The lowest BCUT2D eigenvalue weighted by atomic mass is 9.90. The lowest BCUT2D eigenvalue weighted by Gasteiger charge is -2.40. The van der Waals surface area contributed by atoms with E-state index in [1.54, 1.807) is 18.4 Å². The Morgan fingerprint density at radius 1 is 1.41 bits per heavy atom. The molecule has 1 unspecified atom stereocenters. The van der Waals surface area contributed by atoms with E-state index in [0.717, 1.165) is 5.76 Å². The van der Waals surface area contributed by atoms with Crippen LogP contribution in [-0.2, 0) is 17.9 Å². The summed E-state index contributed by atoms with van der Waals surface area (Å²) in [6, 6.07) is 8.09. The number of furan rings is 1. The second-order valence-corrected chi connectivity index (χ2v) is 7.07. The molecule has 0 aliphatic carbocycles. The van der Waals surface area contributed by atoms with Gasteiger partial charge in [-0.3, -0.25) is 9.69 Å². The summed E-state index contributed by atoms with van der Waals surface area (Å²) >= 11 is 0. The second-order valence-electron chi connectivity index (χ2n) is 7.07. The van der Waals surface area contributed by atoms with E-state index in [2.05, 4.69) is 0 Å². The van der Waals surface area contributed by atoms with E-state index in [4.69, 9.17) is 9.15 Å². The molecule has 146 valence electrons. The average Bonchev–Trinajstić information content (AvgIpc) is 3.13. The van der Waals surface area contributed by atoms with Crippen LogP contribution < -0.4 is 4.74 Å². The molecule has 1 aromatic heterocycles. The van der Waals surface area contributed by atoms with Crippen molar-refractivity contribution in [3.8, 4) is 5.75 Å². The van der Waals surface area contributed by atoms with Crippen LogP contribution in [-0.4, -0.2) is 53.7 Å². The molecule has 1 saturated heterocycles. The van der Waals surface area contributed by atoms with Crippen molar-refractivity contribution in [3.05, 3.63) is 53.7 Å². The second kappa shape index (κ2) is 8.10. The zero-order valence-electron chi connectivity index (χ0n) is 15.7. The highest BCUT2D eigenvalue weighted by Gasteiger charge is 2.43. The number of carbonyl (C=O) groups excluding carboxylic acids is 1. The fourth-order valence-electron chi connectivity index (χ4n) is 3.54. The van der Waals surface area contributed by atoms with Crippen LogP contribution >= 0.6 is 0 Å². The van der Waals surface area contributed by atoms with E-state index in [1.807, 2.05) is 18.0 Å². The Labute approximate surface area is 158 Å². The molecule has 1 N–H and O–H groups in total. The number of hydrogen-bond acceptors (Lipinski definition) is 5. The van der Waals surface area contributed by atoms with E-state index in [1.165, 1.54) is 24.1 Å². The fourth-order valence-corrected chi connectivity index (χ4v) is 3.54. The third-order valence-electron chi connectivity index (χ3n) is 4.86. The number of halogens is 1. The van der Waals surface area contributed by atoms with Gasteiger partial charge in [0.25, 0.3) is 5.91 Å². The molecule has 0 radical (unpaired) electrons. The predicted molar refractivity (Wildman–Crippen MR) is 97.6 cm³/mol. The van der Waals surface area contributed by atoms with Crippen molar-refractivity contribution < 1.29 is 23.4 Å². The van der Waals surface area contributed by atoms with Crippen molar-refractivity contribution in [2.45, 2.75) is 31.5 Å². The minimum atomic E-state index is -1.49. The standard InChI is InChI=1S/C20H25FN2O4/c1-22(13-17-5-3-10-27-17)14-20(25)8-4-9-23(19(20)24)12-15-11-16(26-2)6-7-18(15)21/h3,5-7,10-11,25H,4,8-9,12-14H2,1-2H3. The molecule has 1 amide bonds. The number of nitrogens with zero attached hydrogens (tertiary/aromatic N) is 2. The van der Waals surface area contributed by atoms with Crippen LogP contribution in [0, 0.1) is 5.82 Å². The SMILES string of the molecule is COc1ccc(F)c(CN2CCCC(O)(CN(C)Cc3ccco3)C2=O)c1. The third kappa shape index (κ3) is 4.48. The van der Waals surface area contributed by atoms with Gasteiger partial charge in [-0.1, -0.05) is 0 Å². The Morgan fingerprint density at radius 3 is 2.93 bits per heavy atom. The molecule has 2 heterocycles. The molecule has 0 spiro atoms. The van der Waals surface area contributed by atoms with Gasteiger partial charge in [0, 0.05) is 25.2 Å². The Bertz CT molecular complexity index is 780. The molecule has 1 atom stereocenters. The fraction of sp³-hybridized carbons (Fsp3) is 0.450. The van der Waals surface area contributed by atoms with Crippen LogP contribution in [0.2, 0.25) is 0 Å². The predicted octanol–water partition coefficient (Wildman–Crippen LogP) is 2.41. The number of likely N-dealkylation sites (tertiary alicyclic amines) is 1. The minimum Gasteiger partial charge on any atom is -0.497 e. The minimum absolute atomic E-state index is 0.103. The summed E-state index contributed by atoms with van der Waals surface area (Å²) in [4.78, 5) is 16.3. The summed E-state index contributed by atoms with van der Waals surface area (Å²) in [6.07, 6.45) is 2.63. The lowest BCUT2D eigenvalue weighted by Crippen LogP contribution is -2.57. The molecule has 1 aliphatic rings. The molecule has 0 bridgehead atoms. The summed E-state index contributed by atoms with van der Waals surface area (Å²) in [5.74, 6) is 0.527. The highest BCUT2D eigenvalue weighted by atomic mass is 19.1. The van der Waals surface area contributed by atoms with Gasteiger partial charge in [-0.15, -0.1) is 0 Å². The van der Waals surface area contributed by atoms with Gasteiger partial charge in [0.15, 0.2) is 5.60 Å². The van der Waals surface area contributed by atoms with Crippen LogP contribution in [0.15, 0.2) is 41.0 Å². The Morgan fingerprint density at radius 2 is 2.22 bits per heavy atom. The zero-order chi connectivity index (χ0) is 19.4. The van der Waals surface area contributed by atoms with Crippen molar-refractivity contribution in [2.24, 2.45) is 0 Å². The number of carbonyl (C=O) groups is 1. The zero-order valence-corrected chi connectivity index (χ0v) is 15.7. The van der Waals surface area contributed by atoms with Crippen LogP contribution in [0.1, 0.15) is 24.2 Å². The van der Waals surface area contributed by atoms with Gasteiger partial charge >= 0.3 is 0 Å². The number of aliphatic hydroxyl groups is 1. The molecule has 1 fully saturated rings. The largest absolute Gasteiger partial charge is 0.497 e. The highest BCUT2D eigenvalue weighted by Crippen LogP contribution is 2.27. The van der Waals surface area contributed by atoms with Gasteiger partial charge in [0.05, 0.1) is 19.9 Å². The highest BCUT2D eigenvalue weighted by molar-refractivity contribution is 5.86. The molecular weight excluding hydrogens is 351 g/mol. The van der Waals surface area contributed by atoms with Crippen LogP contribution in [0.25, 0.3) is 0 Å². The quantitative estimate of drug-likeness (QED) is 0.804. The van der Waals surface area contributed by atoms with E-state index in [9.17, 15) is 14.3 Å². The van der Waals surface area contributed by atoms with Gasteiger partial charge in [-0.25, -0.2) is 4.39 Å². The van der Waals surface area contributed by atoms with Gasteiger partial charge < -0.3 is 19.2 Å². The first kappa shape index (κ1) is 19.4. The lowest BCUT2D eigenvalue weighted by molar-refractivity contribution is -0.160. The molecule has 1 aliphatic heterocycles. The first-order chi connectivity index (χ1) is 12.9. The molecular formula is C20H25FN2O4. The maximum absolute atomic E-state index is 14.1. The Balaban J connectivity index is 1.69. The van der Waals surface area contributed by atoms with Crippen molar-refractivity contribution in [1.29, 1.82) is 0 Å². The first-order valence-electron chi connectivity index (χ1n) is 8.96. The Hall–Kier alpha value is -2.38. The molecule has 27 heavy (non-hydrogen) atoms. The Kier molecular flexibility index (Phi) is 5.82. The van der Waals surface area contributed by atoms with Crippen LogP contribution in [0.5, 0.6) is 5.75 Å². The van der Waals surface area contributed by atoms with Gasteiger partial charge in [-0.05, 0) is 50.2 Å². The number of hydrogen-bond donors (Lipinski definition) is 1. The summed E-state index contributed by atoms with van der Waals surface area (Å²) in [7, 11) is 3.34. The van der Waals surface area contributed by atoms with E-state index >= 15 is 0 Å². The first-order valence-corrected chi connectivity index (χ1v) is 8.96. The van der Waals surface area contributed by atoms with Gasteiger partial charge in [0.2, 0.25) is 0 Å². The van der Waals surface area contributed by atoms with Crippen molar-refractivity contribution >= 4 is 5.91 Å². The third-order valence-corrected chi connectivity index (χ3v) is 4.86. The summed E-state index contributed by atoms with van der Waals surface area (Å²) in [5, 5.41) is 11.0. The molecule has 7 heteroatoms. The topological polar surface area (TPSA) is 66.2 Å². The number of methoxy groups -OCH3 is 1. The summed E-state index contributed by atoms with van der Waals surface area (Å²) < 4.78 is 24.6. The number of benzene rings is 1. The molecule has 2 aromatic rings. The number of amides is 1. The van der Waals surface area contributed by atoms with Crippen molar-refractivity contribution in [2.75, 3.05) is 27.2 Å².